The van der Waals surface area contributed by atoms with E-state index in [1.807, 2.05) is 19.1 Å². The highest BCUT2D eigenvalue weighted by Crippen LogP contribution is 2.27. The third-order valence-electron chi connectivity index (χ3n) is 3.07. The van der Waals surface area contributed by atoms with Gasteiger partial charge in [0.05, 0.1) is 0 Å². The number of hydrogen-bond acceptors (Lipinski definition) is 3. The number of nitrogens with zero attached hydrogens (tertiary/aromatic N) is 3. The molecule has 3 aromatic rings. The second-order valence-corrected chi connectivity index (χ2v) is 4.50. The molecule has 0 fully saturated rings. The van der Waals surface area contributed by atoms with Gasteiger partial charge in [-0.25, -0.2) is 14.5 Å². The molecule has 21 heavy (non-hydrogen) atoms. The molecule has 0 unspecified atom stereocenters. The molecule has 0 amide bonds. The summed E-state index contributed by atoms with van der Waals surface area (Å²) in [6, 6.07) is 7.58. The number of aromatic nitrogens is 4. The molecule has 1 N–H and O–H groups in total. The third-order valence-corrected chi connectivity index (χ3v) is 3.07. The summed E-state index contributed by atoms with van der Waals surface area (Å²) in [7, 11) is 0. The van der Waals surface area contributed by atoms with Crippen LogP contribution in [0.1, 0.15) is 11.3 Å². The Morgan fingerprint density at radius 1 is 1.24 bits per heavy atom. The van der Waals surface area contributed by atoms with Crippen molar-refractivity contribution in [3.05, 3.63) is 51.9 Å². The number of H-pyrrole nitrogens is 1. The predicted molar refractivity (Wildman–Crippen MR) is 68.8 cm³/mol. The van der Waals surface area contributed by atoms with Crippen molar-refractivity contribution in [1.82, 2.24) is 19.6 Å². The lowest BCUT2D eigenvalue weighted by atomic mass is 10.1. The highest BCUT2D eigenvalue weighted by molar-refractivity contribution is 5.62. The van der Waals surface area contributed by atoms with Gasteiger partial charge in [-0.3, -0.25) is 4.79 Å². The maximum atomic E-state index is 12.6. The second kappa shape index (κ2) is 4.44. The molecular formula is C13H9F3N4O. The van der Waals surface area contributed by atoms with Crippen LogP contribution in [-0.4, -0.2) is 19.6 Å². The zero-order valence-corrected chi connectivity index (χ0v) is 10.8. The lowest BCUT2D eigenvalue weighted by molar-refractivity contribution is -0.141. The Labute approximate surface area is 116 Å². The van der Waals surface area contributed by atoms with Gasteiger partial charge in [0.15, 0.2) is 11.5 Å². The Morgan fingerprint density at radius 3 is 2.62 bits per heavy atom. The van der Waals surface area contributed by atoms with E-state index in [0.29, 0.717) is 11.6 Å². The zero-order valence-electron chi connectivity index (χ0n) is 10.8. The highest BCUT2D eigenvalue weighted by Gasteiger charge is 2.34. The molecule has 108 valence electrons. The number of aryl methyl sites for hydroxylation is 1. The van der Waals surface area contributed by atoms with Gasteiger partial charge >= 0.3 is 6.18 Å². The summed E-state index contributed by atoms with van der Waals surface area (Å²) in [6.07, 6.45) is -4.68. The first kappa shape index (κ1) is 13.3. The molecule has 2 aromatic heterocycles. The fraction of sp³-hybridized carbons (Fsp3) is 0.154. The van der Waals surface area contributed by atoms with E-state index in [1.54, 1.807) is 12.1 Å². The molecule has 0 aliphatic rings. The zero-order chi connectivity index (χ0) is 15.2. The highest BCUT2D eigenvalue weighted by atomic mass is 19.4. The van der Waals surface area contributed by atoms with Crippen LogP contribution in [0.5, 0.6) is 0 Å². The first-order chi connectivity index (χ1) is 9.88. The maximum Gasteiger partial charge on any atom is 0.433 e. The van der Waals surface area contributed by atoms with E-state index in [0.717, 1.165) is 9.96 Å². The van der Waals surface area contributed by atoms with E-state index in [1.165, 1.54) is 0 Å². The number of alkyl halides is 3. The van der Waals surface area contributed by atoms with Crippen LogP contribution in [-0.2, 0) is 6.18 Å². The number of halogens is 3. The van der Waals surface area contributed by atoms with E-state index < -0.39 is 17.4 Å². The van der Waals surface area contributed by atoms with Crippen LogP contribution in [0.4, 0.5) is 13.2 Å². The van der Waals surface area contributed by atoms with Crippen molar-refractivity contribution in [2.45, 2.75) is 13.1 Å². The SMILES string of the molecule is Cc1ccccc1-c1n[nH]c2nc(C(F)(F)F)cc(=O)n12. The molecular weight excluding hydrogens is 285 g/mol. The van der Waals surface area contributed by atoms with Crippen molar-refractivity contribution < 1.29 is 13.2 Å². The number of aromatic amines is 1. The minimum absolute atomic E-state index is 0.231. The summed E-state index contributed by atoms with van der Waals surface area (Å²) in [5, 5.41) is 6.29. The van der Waals surface area contributed by atoms with E-state index in [2.05, 4.69) is 15.2 Å². The maximum absolute atomic E-state index is 12.6. The Kier molecular flexibility index (Phi) is 2.82. The molecule has 0 saturated carbocycles. The standard InChI is InChI=1S/C13H9F3N4O/c1-7-4-2-3-5-8(7)11-18-19-12-17-9(13(14,15)16)6-10(21)20(11)12/h2-6H,1H3,(H,17,19). The predicted octanol–water partition coefficient (Wildman–Crippen LogP) is 2.41. The van der Waals surface area contributed by atoms with Gasteiger partial charge in [-0.2, -0.15) is 18.3 Å². The summed E-state index contributed by atoms with van der Waals surface area (Å²) in [5.41, 5.74) is -0.586. The normalized spacial score (nSPS) is 12.0. The lowest BCUT2D eigenvalue weighted by Gasteiger charge is -2.06. The minimum atomic E-state index is -4.68. The smallest absolute Gasteiger partial charge is 0.269 e. The molecule has 3 rings (SSSR count). The van der Waals surface area contributed by atoms with Crippen molar-refractivity contribution in [2.24, 2.45) is 0 Å². The summed E-state index contributed by atoms with van der Waals surface area (Å²) in [6.45, 7) is 1.82. The van der Waals surface area contributed by atoms with Crippen LogP contribution < -0.4 is 5.56 Å². The second-order valence-electron chi connectivity index (χ2n) is 4.50. The van der Waals surface area contributed by atoms with E-state index in [4.69, 9.17) is 0 Å². The van der Waals surface area contributed by atoms with Crippen LogP contribution in [0, 0.1) is 6.92 Å². The van der Waals surface area contributed by atoms with Crippen LogP contribution in [0.2, 0.25) is 0 Å². The molecule has 0 aliphatic carbocycles. The summed E-state index contributed by atoms with van der Waals surface area (Å²) in [4.78, 5) is 15.4. The van der Waals surface area contributed by atoms with Crippen LogP contribution in [0.15, 0.2) is 35.1 Å². The van der Waals surface area contributed by atoms with Crippen LogP contribution in [0.3, 0.4) is 0 Å². The molecule has 0 bridgehead atoms. The van der Waals surface area contributed by atoms with Crippen molar-refractivity contribution in [3.8, 4) is 11.4 Å². The topological polar surface area (TPSA) is 63.0 Å². The van der Waals surface area contributed by atoms with Gasteiger partial charge in [-0.1, -0.05) is 24.3 Å². The quantitative estimate of drug-likeness (QED) is 0.749. The molecule has 2 heterocycles. The fourth-order valence-corrected chi connectivity index (χ4v) is 2.06. The van der Waals surface area contributed by atoms with E-state index in [9.17, 15) is 18.0 Å². The van der Waals surface area contributed by atoms with Gasteiger partial charge < -0.3 is 0 Å². The lowest BCUT2D eigenvalue weighted by Crippen LogP contribution is -2.20. The Balaban J connectivity index is 2.30. The van der Waals surface area contributed by atoms with Crippen molar-refractivity contribution >= 4 is 5.78 Å². The van der Waals surface area contributed by atoms with Gasteiger partial charge in [0.25, 0.3) is 5.56 Å². The number of hydrogen-bond donors (Lipinski definition) is 1. The monoisotopic (exact) mass is 294 g/mol. The van der Waals surface area contributed by atoms with Gasteiger partial charge in [0, 0.05) is 11.6 Å². The number of nitrogens with one attached hydrogen (secondary N) is 1. The molecule has 0 spiro atoms. The minimum Gasteiger partial charge on any atom is -0.269 e. The Hall–Kier alpha value is -2.64. The molecule has 0 radical (unpaired) electrons. The fourth-order valence-electron chi connectivity index (χ4n) is 2.06. The summed E-state index contributed by atoms with van der Waals surface area (Å²) < 4.78 is 39.0. The molecule has 5 nitrogen and oxygen atoms in total. The van der Waals surface area contributed by atoms with E-state index >= 15 is 0 Å². The Bertz CT molecular complexity index is 879. The van der Waals surface area contributed by atoms with Gasteiger partial charge in [-0.15, -0.1) is 0 Å². The summed E-state index contributed by atoms with van der Waals surface area (Å²) >= 11 is 0. The van der Waals surface area contributed by atoms with Gasteiger partial charge in [0.1, 0.15) is 0 Å². The van der Waals surface area contributed by atoms with Gasteiger partial charge in [0.2, 0.25) is 5.78 Å². The Morgan fingerprint density at radius 2 is 1.95 bits per heavy atom. The molecule has 8 heteroatoms. The van der Waals surface area contributed by atoms with Crippen LogP contribution >= 0.6 is 0 Å². The first-order valence-electron chi connectivity index (χ1n) is 5.99. The van der Waals surface area contributed by atoms with Crippen molar-refractivity contribution in [1.29, 1.82) is 0 Å². The number of fused-ring (bicyclic) bond motifs is 1. The summed E-state index contributed by atoms with van der Waals surface area (Å²) in [5.74, 6) is -0.0117. The van der Waals surface area contributed by atoms with E-state index in [-0.39, 0.29) is 11.6 Å². The largest absolute Gasteiger partial charge is 0.433 e. The average molecular weight is 294 g/mol. The number of rotatable bonds is 1. The molecule has 0 saturated heterocycles. The van der Waals surface area contributed by atoms with Crippen molar-refractivity contribution in [3.63, 3.8) is 0 Å². The van der Waals surface area contributed by atoms with Gasteiger partial charge in [-0.05, 0) is 12.5 Å². The first-order valence-corrected chi connectivity index (χ1v) is 5.99. The molecule has 0 aliphatic heterocycles. The van der Waals surface area contributed by atoms with Crippen LogP contribution in [0.25, 0.3) is 17.2 Å². The van der Waals surface area contributed by atoms with Crippen molar-refractivity contribution in [2.75, 3.05) is 0 Å². The molecule has 1 aromatic carbocycles. The number of benzene rings is 1. The average Bonchev–Trinajstić information content (AvgIpc) is 2.82. The third kappa shape index (κ3) is 2.18. The molecule has 0 atom stereocenters.